The minimum Gasteiger partial charge on any atom is -0.336 e. The van der Waals surface area contributed by atoms with Gasteiger partial charge in [-0.15, -0.1) is 11.3 Å². The first kappa shape index (κ1) is 12.1. The van der Waals surface area contributed by atoms with Crippen molar-refractivity contribution in [2.45, 2.75) is 19.4 Å². The normalized spacial score (nSPS) is 19.8. The van der Waals surface area contributed by atoms with Gasteiger partial charge in [-0.05, 0) is 35.8 Å². The molecule has 0 saturated carbocycles. The third-order valence-electron chi connectivity index (χ3n) is 2.67. The van der Waals surface area contributed by atoms with Crippen LogP contribution in [0.5, 0.6) is 0 Å². The largest absolute Gasteiger partial charge is 0.336 e. The van der Waals surface area contributed by atoms with Gasteiger partial charge in [0.05, 0.1) is 9.35 Å². The number of carbonyl (C=O) groups is 1. The first-order chi connectivity index (χ1) is 7.48. The van der Waals surface area contributed by atoms with Crippen LogP contribution in [0.25, 0.3) is 0 Å². The Morgan fingerprint density at radius 3 is 2.94 bits per heavy atom. The molecule has 1 aromatic rings. The van der Waals surface area contributed by atoms with E-state index in [2.05, 4.69) is 35.1 Å². The Balaban J connectivity index is 2.10. The van der Waals surface area contributed by atoms with E-state index in [1.165, 1.54) is 0 Å². The lowest BCUT2D eigenvalue weighted by Gasteiger charge is -2.39. The first-order valence-electron chi connectivity index (χ1n) is 5.26. The average molecular weight is 303 g/mol. The molecule has 3 nitrogen and oxygen atoms in total. The summed E-state index contributed by atoms with van der Waals surface area (Å²) in [5.74, 6) is 0.136. The molecule has 0 aliphatic carbocycles. The Hall–Kier alpha value is -0.390. The molecule has 1 aromatic heterocycles. The summed E-state index contributed by atoms with van der Waals surface area (Å²) in [5, 5.41) is 5.30. The molecule has 1 amide bonds. The second-order valence-electron chi connectivity index (χ2n) is 4.68. The van der Waals surface area contributed by atoms with Crippen LogP contribution in [0, 0.1) is 0 Å². The topological polar surface area (TPSA) is 32.3 Å². The highest BCUT2D eigenvalue weighted by atomic mass is 79.9. The SMILES string of the molecule is CC1(C)CN(C(=O)c2csc(Br)c2)CCN1. The lowest BCUT2D eigenvalue weighted by molar-refractivity contribution is 0.0652. The molecular weight excluding hydrogens is 288 g/mol. The molecule has 2 heterocycles. The van der Waals surface area contributed by atoms with Crippen molar-refractivity contribution >= 4 is 33.2 Å². The van der Waals surface area contributed by atoms with Crippen LogP contribution in [0.15, 0.2) is 15.2 Å². The highest BCUT2D eigenvalue weighted by molar-refractivity contribution is 9.11. The van der Waals surface area contributed by atoms with Gasteiger partial charge in [-0.3, -0.25) is 4.79 Å². The Morgan fingerprint density at radius 2 is 2.38 bits per heavy atom. The number of hydrogen-bond acceptors (Lipinski definition) is 3. The maximum absolute atomic E-state index is 12.2. The zero-order valence-electron chi connectivity index (χ0n) is 9.42. The van der Waals surface area contributed by atoms with Crippen LogP contribution in [0.4, 0.5) is 0 Å². The molecule has 1 aliphatic heterocycles. The van der Waals surface area contributed by atoms with Crippen LogP contribution in [0.1, 0.15) is 24.2 Å². The molecule has 2 rings (SSSR count). The van der Waals surface area contributed by atoms with Crippen molar-refractivity contribution in [2.75, 3.05) is 19.6 Å². The van der Waals surface area contributed by atoms with E-state index in [1.807, 2.05) is 16.3 Å². The van der Waals surface area contributed by atoms with Crippen molar-refractivity contribution in [3.8, 4) is 0 Å². The predicted octanol–water partition coefficient (Wildman–Crippen LogP) is 2.33. The summed E-state index contributed by atoms with van der Waals surface area (Å²) in [4.78, 5) is 14.1. The average Bonchev–Trinajstić information content (AvgIpc) is 2.62. The standard InChI is InChI=1S/C11H15BrN2OS/c1-11(2)7-14(4-3-13-11)10(15)8-5-9(12)16-6-8/h5-6,13H,3-4,7H2,1-2H3. The van der Waals surface area contributed by atoms with Crippen molar-refractivity contribution < 1.29 is 4.79 Å². The number of hydrogen-bond donors (Lipinski definition) is 1. The van der Waals surface area contributed by atoms with Gasteiger partial charge in [0.15, 0.2) is 0 Å². The fourth-order valence-electron chi connectivity index (χ4n) is 1.92. The predicted molar refractivity (Wildman–Crippen MR) is 70.0 cm³/mol. The quantitative estimate of drug-likeness (QED) is 0.863. The first-order valence-corrected chi connectivity index (χ1v) is 6.93. The molecule has 1 N–H and O–H groups in total. The summed E-state index contributed by atoms with van der Waals surface area (Å²) in [6, 6.07) is 1.89. The summed E-state index contributed by atoms with van der Waals surface area (Å²) < 4.78 is 1.00. The summed E-state index contributed by atoms with van der Waals surface area (Å²) in [7, 11) is 0. The van der Waals surface area contributed by atoms with Crippen molar-refractivity contribution in [1.29, 1.82) is 0 Å². The minimum absolute atomic E-state index is 0.0150. The van der Waals surface area contributed by atoms with Gasteiger partial charge >= 0.3 is 0 Å². The molecule has 1 aliphatic rings. The van der Waals surface area contributed by atoms with E-state index in [-0.39, 0.29) is 11.4 Å². The molecule has 88 valence electrons. The Bertz CT molecular complexity index is 402. The number of amides is 1. The summed E-state index contributed by atoms with van der Waals surface area (Å²) >= 11 is 4.93. The third-order valence-corrected chi connectivity index (χ3v) is 4.18. The van der Waals surface area contributed by atoms with Gasteiger partial charge in [0.1, 0.15) is 0 Å². The minimum atomic E-state index is 0.0150. The van der Waals surface area contributed by atoms with Crippen LogP contribution in [-0.2, 0) is 0 Å². The van der Waals surface area contributed by atoms with Gasteiger partial charge in [0.2, 0.25) is 0 Å². The van der Waals surface area contributed by atoms with Gasteiger partial charge in [-0.1, -0.05) is 0 Å². The van der Waals surface area contributed by atoms with Crippen LogP contribution in [0.3, 0.4) is 0 Å². The molecule has 0 spiro atoms. The fourth-order valence-corrected chi connectivity index (χ4v) is 3.05. The van der Waals surface area contributed by atoms with Gasteiger partial charge < -0.3 is 10.2 Å². The van der Waals surface area contributed by atoms with E-state index in [9.17, 15) is 4.79 Å². The summed E-state index contributed by atoms with van der Waals surface area (Å²) in [6.45, 7) is 6.66. The zero-order valence-corrected chi connectivity index (χ0v) is 11.8. The van der Waals surface area contributed by atoms with Crippen LogP contribution < -0.4 is 5.32 Å². The lowest BCUT2D eigenvalue weighted by Crippen LogP contribution is -2.58. The zero-order chi connectivity index (χ0) is 11.8. The van der Waals surface area contributed by atoms with E-state index in [1.54, 1.807) is 11.3 Å². The van der Waals surface area contributed by atoms with Gasteiger partial charge in [0, 0.05) is 30.6 Å². The number of carbonyl (C=O) groups excluding carboxylic acids is 1. The number of nitrogens with one attached hydrogen (secondary N) is 1. The van der Waals surface area contributed by atoms with E-state index < -0.39 is 0 Å². The highest BCUT2D eigenvalue weighted by Gasteiger charge is 2.29. The van der Waals surface area contributed by atoms with Crippen LogP contribution in [0.2, 0.25) is 0 Å². The molecule has 16 heavy (non-hydrogen) atoms. The van der Waals surface area contributed by atoms with E-state index in [4.69, 9.17) is 0 Å². The molecule has 0 aromatic carbocycles. The van der Waals surface area contributed by atoms with E-state index in [0.717, 1.165) is 29.0 Å². The number of halogens is 1. The fraction of sp³-hybridized carbons (Fsp3) is 0.545. The second-order valence-corrected chi connectivity index (χ2v) is 6.97. The molecule has 0 bridgehead atoms. The Labute approximate surface area is 108 Å². The van der Waals surface area contributed by atoms with Crippen LogP contribution in [-0.4, -0.2) is 36.0 Å². The van der Waals surface area contributed by atoms with E-state index >= 15 is 0 Å². The second kappa shape index (κ2) is 4.47. The third kappa shape index (κ3) is 2.64. The van der Waals surface area contributed by atoms with Gasteiger partial charge in [0.25, 0.3) is 5.91 Å². The molecule has 0 radical (unpaired) electrons. The number of piperazine rings is 1. The number of rotatable bonds is 1. The van der Waals surface area contributed by atoms with Crippen molar-refractivity contribution in [1.82, 2.24) is 10.2 Å². The lowest BCUT2D eigenvalue weighted by atomic mass is 10.0. The number of thiophene rings is 1. The van der Waals surface area contributed by atoms with Crippen molar-refractivity contribution in [3.63, 3.8) is 0 Å². The molecule has 1 saturated heterocycles. The monoisotopic (exact) mass is 302 g/mol. The van der Waals surface area contributed by atoms with Gasteiger partial charge in [-0.2, -0.15) is 0 Å². The maximum Gasteiger partial charge on any atom is 0.254 e. The Morgan fingerprint density at radius 1 is 1.62 bits per heavy atom. The molecule has 0 atom stereocenters. The van der Waals surface area contributed by atoms with Crippen molar-refractivity contribution in [3.05, 3.63) is 20.8 Å². The summed E-state index contributed by atoms with van der Waals surface area (Å²) in [6.07, 6.45) is 0. The molecule has 5 heteroatoms. The maximum atomic E-state index is 12.2. The van der Waals surface area contributed by atoms with E-state index in [0.29, 0.717) is 0 Å². The molecular formula is C11H15BrN2OS. The summed E-state index contributed by atoms with van der Waals surface area (Å²) in [5.41, 5.74) is 0.802. The molecule has 0 unspecified atom stereocenters. The van der Waals surface area contributed by atoms with Gasteiger partial charge in [-0.25, -0.2) is 0 Å². The highest BCUT2D eigenvalue weighted by Crippen LogP contribution is 2.22. The Kier molecular flexibility index (Phi) is 3.37. The molecule has 1 fully saturated rings. The van der Waals surface area contributed by atoms with Crippen molar-refractivity contribution in [2.24, 2.45) is 0 Å². The smallest absolute Gasteiger partial charge is 0.254 e. The van der Waals surface area contributed by atoms with Crippen LogP contribution >= 0.6 is 27.3 Å². The number of nitrogens with zero attached hydrogens (tertiary/aromatic N) is 1.